The first-order valence-corrected chi connectivity index (χ1v) is 17.1. The molecule has 3 N–H and O–H groups in total. The Balaban J connectivity index is 1.62. The molecule has 52 heavy (non-hydrogen) atoms. The highest BCUT2D eigenvalue weighted by atomic mass is 35.5. The van der Waals surface area contributed by atoms with Crippen molar-refractivity contribution in [1.82, 2.24) is 30.2 Å². The van der Waals surface area contributed by atoms with Crippen LogP contribution in [0.25, 0.3) is 11.1 Å². The van der Waals surface area contributed by atoms with Crippen LogP contribution in [0.15, 0.2) is 64.8 Å². The number of benzene rings is 2. The molecule has 2 aromatic carbocycles. The van der Waals surface area contributed by atoms with Gasteiger partial charge in [0.1, 0.15) is 11.6 Å². The summed E-state index contributed by atoms with van der Waals surface area (Å²) in [6.45, 7) is 2.55. The van der Waals surface area contributed by atoms with Crippen LogP contribution < -0.4 is 10.6 Å². The van der Waals surface area contributed by atoms with Gasteiger partial charge in [-0.15, -0.1) is 0 Å². The molecular formula is C35H39ClF2N8O5S. The average Bonchev–Trinajstić information content (AvgIpc) is 3.65. The second-order valence-corrected chi connectivity index (χ2v) is 14.8. The quantitative estimate of drug-likeness (QED) is 0.113. The molecule has 1 unspecified atom stereocenters. The molecule has 3 aromatic rings. The molecule has 13 nitrogen and oxygen atoms in total. The number of hydrogen-bond donors (Lipinski definition) is 3. The molecule has 2 aliphatic rings. The Labute approximate surface area is 309 Å². The number of carbonyl (C=O) groups excluding carboxylic acids is 2. The first kappa shape index (κ1) is 38.3. The number of ether oxygens (including phenoxy) is 1. The summed E-state index contributed by atoms with van der Waals surface area (Å²) < 4.78 is 32.6. The Bertz CT molecular complexity index is 1910. The summed E-state index contributed by atoms with van der Waals surface area (Å²) in [5.41, 5.74) is 0.00582. The molecule has 1 aliphatic carbocycles. The van der Waals surface area contributed by atoms with Gasteiger partial charge in [-0.1, -0.05) is 74.9 Å². The number of rotatable bonds is 11. The molecule has 1 saturated carbocycles. The number of aliphatic imine (C=N–C) groups is 2. The monoisotopic (exact) mass is 756 g/mol. The molecule has 0 radical (unpaired) electrons. The largest absolute Gasteiger partial charge is 0.465 e. The number of thiocarbonyl (C=S) groups is 1. The van der Waals surface area contributed by atoms with E-state index >= 15 is 4.79 Å². The molecule has 0 saturated heterocycles. The van der Waals surface area contributed by atoms with Crippen molar-refractivity contribution >= 4 is 59.2 Å². The van der Waals surface area contributed by atoms with Crippen LogP contribution in [0.5, 0.6) is 0 Å². The maximum atomic E-state index is 15.1. The van der Waals surface area contributed by atoms with Gasteiger partial charge in [-0.3, -0.25) is 15.0 Å². The summed E-state index contributed by atoms with van der Waals surface area (Å²) >= 11 is 12.1. The second-order valence-electron chi connectivity index (χ2n) is 14.0. The van der Waals surface area contributed by atoms with Gasteiger partial charge in [0, 0.05) is 37.5 Å². The topological polar surface area (TPSA) is 154 Å². The van der Waals surface area contributed by atoms with Crippen molar-refractivity contribution < 1.29 is 33.0 Å². The number of carbonyl (C=O) groups is 3. The Morgan fingerprint density at radius 1 is 1.19 bits per heavy atom. The van der Waals surface area contributed by atoms with E-state index in [2.05, 4.69) is 20.7 Å². The van der Waals surface area contributed by atoms with Crippen molar-refractivity contribution in [3.8, 4) is 11.1 Å². The van der Waals surface area contributed by atoms with Crippen molar-refractivity contribution in [3.63, 3.8) is 0 Å². The van der Waals surface area contributed by atoms with E-state index in [0.717, 1.165) is 12.8 Å². The maximum absolute atomic E-state index is 15.1. The number of halogens is 3. The number of guanidine groups is 1. The molecule has 1 fully saturated rings. The average molecular weight is 757 g/mol. The van der Waals surface area contributed by atoms with Crippen LogP contribution in [0.2, 0.25) is 5.02 Å². The van der Waals surface area contributed by atoms with Gasteiger partial charge in [0.2, 0.25) is 5.96 Å². The molecule has 17 heteroatoms. The molecule has 5 rings (SSSR count). The van der Waals surface area contributed by atoms with Crippen LogP contribution in [-0.4, -0.2) is 86.8 Å². The minimum atomic E-state index is -2.81. The first-order valence-electron chi connectivity index (χ1n) is 16.3. The predicted molar refractivity (Wildman–Crippen MR) is 196 cm³/mol. The van der Waals surface area contributed by atoms with E-state index in [1.165, 1.54) is 23.6 Å². The zero-order chi connectivity index (χ0) is 38.0. The Hall–Kier alpha value is -4.96. The summed E-state index contributed by atoms with van der Waals surface area (Å²) in [7, 11) is 3.55. The highest BCUT2D eigenvalue weighted by molar-refractivity contribution is 7.80. The molecule has 0 spiro atoms. The second kappa shape index (κ2) is 15.3. The van der Waals surface area contributed by atoms with Crippen LogP contribution in [0.3, 0.4) is 0 Å². The molecule has 3 amide bonds. The third-order valence-corrected chi connectivity index (χ3v) is 8.85. The van der Waals surface area contributed by atoms with E-state index in [1.54, 1.807) is 61.5 Å². The van der Waals surface area contributed by atoms with E-state index in [0.29, 0.717) is 32.5 Å². The summed E-state index contributed by atoms with van der Waals surface area (Å²) in [4.78, 5) is 52.2. The summed E-state index contributed by atoms with van der Waals surface area (Å²) in [5.74, 6) is -0.879. The number of nitrogens with one attached hydrogen (secondary N) is 2. The van der Waals surface area contributed by atoms with E-state index in [4.69, 9.17) is 33.5 Å². The number of alkyl halides is 2. The third kappa shape index (κ3) is 8.91. The SMILES string of the molecule is CN(C)C=NC(=S)c1cc(C(COC(=O)NC2CC2)N2C(=O)[C@@](CC(C)(C)C)(c3ccc(-c4cnn(C(F)F)c4)cc3)N=C2NC(=O)O)ccc1Cl. The summed E-state index contributed by atoms with van der Waals surface area (Å²) in [6, 6.07) is 10.3. The number of alkyl carbamates (subject to hydrolysis) is 1. The molecular weight excluding hydrogens is 718 g/mol. The minimum absolute atomic E-state index is 0.00800. The van der Waals surface area contributed by atoms with Crippen molar-refractivity contribution in [2.24, 2.45) is 15.4 Å². The van der Waals surface area contributed by atoms with Crippen molar-refractivity contribution in [2.75, 3.05) is 20.7 Å². The fourth-order valence-electron chi connectivity index (χ4n) is 5.82. The van der Waals surface area contributed by atoms with Gasteiger partial charge >= 0.3 is 18.7 Å². The lowest BCUT2D eigenvalue weighted by Crippen LogP contribution is -2.49. The Morgan fingerprint density at radius 3 is 2.46 bits per heavy atom. The van der Waals surface area contributed by atoms with Gasteiger partial charge in [0.15, 0.2) is 5.54 Å². The van der Waals surface area contributed by atoms with Crippen molar-refractivity contribution in [1.29, 1.82) is 0 Å². The number of aromatic nitrogens is 2. The third-order valence-electron chi connectivity index (χ3n) is 8.19. The van der Waals surface area contributed by atoms with Crippen LogP contribution >= 0.6 is 23.8 Å². The number of amides is 3. The van der Waals surface area contributed by atoms with Crippen LogP contribution in [0, 0.1) is 5.41 Å². The van der Waals surface area contributed by atoms with Crippen LogP contribution in [-0.2, 0) is 15.1 Å². The molecule has 1 aliphatic heterocycles. The molecule has 0 bridgehead atoms. The van der Waals surface area contributed by atoms with Gasteiger partial charge in [-0.05, 0) is 53.5 Å². The van der Waals surface area contributed by atoms with Gasteiger partial charge in [-0.25, -0.2) is 24.3 Å². The predicted octanol–water partition coefficient (Wildman–Crippen LogP) is 6.59. The molecule has 2 atom stereocenters. The lowest BCUT2D eigenvalue weighted by atomic mass is 9.75. The number of hydrogen-bond acceptors (Lipinski definition) is 7. The van der Waals surface area contributed by atoms with Crippen LogP contribution in [0.1, 0.15) is 69.3 Å². The fraction of sp³-hybridized carbons (Fsp3) is 0.400. The van der Waals surface area contributed by atoms with E-state index in [-0.39, 0.29) is 28.4 Å². The van der Waals surface area contributed by atoms with Gasteiger partial charge in [0.25, 0.3) is 5.91 Å². The molecule has 2 heterocycles. The minimum Gasteiger partial charge on any atom is -0.465 e. The maximum Gasteiger partial charge on any atom is 0.411 e. The van der Waals surface area contributed by atoms with E-state index < -0.39 is 48.2 Å². The smallest absolute Gasteiger partial charge is 0.411 e. The van der Waals surface area contributed by atoms with Gasteiger partial charge < -0.3 is 20.1 Å². The zero-order valence-electron chi connectivity index (χ0n) is 29.1. The fourth-order valence-corrected chi connectivity index (χ4v) is 6.30. The summed E-state index contributed by atoms with van der Waals surface area (Å²) in [6.07, 6.45) is 3.62. The standard InChI is InChI=1S/C35H39ClF2N8O5S/c1-34(2,3)18-35(23-9-6-20(7-10-23)22-15-40-45(16-22)30(37)38)29(47)46(31(43-35)42-32(48)49)27(17-51-33(50)41-24-11-12-24)21-8-13-26(36)25(14-21)28(52)39-19-44(4)5/h6-10,13-16,19,24,27,30H,11-12,17-18H2,1-5H3,(H,41,50)(H,42,43)(H,48,49)/t27?,35-/m1/s1. The molecule has 276 valence electrons. The van der Waals surface area contributed by atoms with Crippen molar-refractivity contribution in [2.45, 2.75) is 64.2 Å². The van der Waals surface area contributed by atoms with E-state index in [1.807, 2.05) is 20.8 Å². The molecule has 1 aromatic heterocycles. The van der Waals surface area contributed by atoms with Gasteiger partial charge in [0.05, 0.1) is 23.6 Å². The Kier molecular flexibility index (Phi) is 11.3. The summed E-state index contributed by atoms with van der Waals surface area (Å²) in [5, 5.41) is 19.0. The van der Waals surface area contributed by atoms with Crippen LogP contribution in [0.4, 0.5) is 18.4 Å². The van der Waals surface area contributed by atoms with Crippen molar-refractivity contribution in [3.05, 3.63) is 76.6 Å². The highest BCUT2D eigenvalue weighted by Gasteiger charge is 2.54. The van der Waals surface area contributed by atoms with Gasteiger partial charge in [-0.2, -0.15) is 13.9 Å². The van der Waals surface area contributed by atoms with E-state index in [9.17, 15) is 23.5 Å². The highest BCUT2D eigenvalue weighted by Crippen LogP contribution is 2.45. The number of nitrogens with zero attached hydrogens (tertiary/aromatic N) is 6. The zero-order valence-corrected chi connectivity index (χ0v) is 30.7. The normalized spacial score (nSPS) is 18.1. The first-order chi connectivity index (χ1) is 24.5. The Morgan fingerprint density at radius 2 is 1.88 bits per heavy atom. The number of carboxylic acid groups (broad SMARTS) is 1. The lowest BCUT2D eigenvalue weighted by Gasteiger charge is -2.35. The lowest BCUT2D eigenvalue weighted by molar-refractivity contribution is -0.135.